The summed E-state index contributed by atoms with van der Waals surface area (Å²) in [6.07, 6.45) is 2.86. The van der Waals surface area contributed by atoms with Crippen molar-refractivity contribution >= 4 is 28.3 Å². The molecule has 0 saturated carbocycles. The number of thiophene rings is 1. The summed E-state index contributed by atoms with van der Waals surface area (Å²) in [6, 6.07) is 3.33. The molecule has 5 heteroatoms. The third-order valence-electron chi connectivity index (χ3n) is 3.17. The Kier molecular flexibility index (Phi) is 2.21. The Morgan fingerprint density at radius 3 is 2.88 bits per heavy atom. The Morgan fingerprint density at radius 1 is 1.31 bits per heavy atom. The van der Waals surface area contributed by atoms with E-state index in [9.17, 15) is 9.59 Å². The maximum absolute atomic E-state index is 12.1. The summed E-state index contributed by atoms with van der Waals surface area (Å²) in [4.78, 5) is 27.3. The number of urea groups is 1. The average Bonchev–Trinajstić information content (AvgIpc) is 2.89. The predicted octanol–water partition coefficient (Wildman–Crippen LogP) is 2.07. The summed E-state index contributed by atoms with van der Waals surface area (Å²) in [6.45, 7) is 0.719. The number of carbonyl (C=O) groups excluding carboxylic acids is 2. The number of rotatable bonds is 1. The van der Waals surface area contributed by atoms with Gasteiger partial charge in [-0.2, -0.15) is 0 Å². The molecular formula is C11H12N2O2S. The second-order valence-electron chi connectivity index (χ2n) is 4.11. The van der Waals surface area contributed by atoms with Crippen LogP contribution >= 0.6 is 11.3 Å². The molecule has 2 saturated heterocycles. The summed E-state index contributed by atoms with van der Waals surface area (Å²) in [5.74, 6) is -0.0489. The van der Waals surface area contributed by atoms with E-state index in [0.717, 1.165) is 30.8 Å². The number of nitrogens with zero attached hydrogens (tertiary/aromatic N) is 2. The molecule has 16 heavy (non-hydrogen) atoms. The molecule has 0 spiro atoms. The van der Waals surface area contributed by atoms with Crippen molar-refractivity contribution in [1.29, 1.82) is 0 Å². The number of piperidine rings is 1. The highest BCUT2D eigenvalue weighted by molar-refractivity contribution is 7.14. The molecule has 0 N–H and O–H groups in total. The lowest BCUT2D eigenvalue weighted by Gasteiger charge is -2.25. The zero-order valence-corrected chi connectivity index (χ0v) is 9.57. The molecule has 2 fully saturated rings. The molecule has 4 nitrogen and oxygen atoms in total. The van der Waals surface area contributed by atoms with Gasteiger partial charge in [0, 0.05) is 6.54 Å². The minimum Gasteiger partial charge on any atom is -0.312 e. The number of carbonyl (C=O) groups is 2. The van der Waals surface area contributed by atoms with Crippen LogP contribution < -0.4 is 4.90 Å². The predicted molar refractivity (Wildman–Crippen MR) is 61.5 cm³/mol. The van der Waals surface area contributed by atoms with Crippen molar-refractivity contribution in [3.63, 3.8) is 0 Å². The maximum Gasteiger partial charge on any atom is 0.332 e. The van der Waals surface area contributed by atoms with E-state index < -0.39 is 0 Å². The standard InChI is InChI=1S/C11H12N2O2S/c14-10-8-4-1-2-6-12(8)11(15)13(10)9-5-3-7-16-9/h3,5,7-8H,1-2,4,6H2. The van der Waals surface area contributed by atoms with Crippen LogP contribution in [-0.2, 0) is 4.79 Å². The van der Waals surface area contributed by atoms with Crippen molar-refractivity contribution in [1.82, 2.24) is 4.90 Å². The Hall–Kier alpha value is -1.36. The van der Waals surface area contributed by atoms with Crippen LogP contribution in [-0.4, -0.2) is 29.4 Å². The summed E-state index contributed by atoms with van der Waals surface area (Å²) < 4.78 is 0. The minimum absolute atomic E-state index is 0.0489. The molecule has 0 aromatic carbocycles. The molecular weight excluding hydrogens is 224 g/mol. The Balaban J connectivity index is 1.96. The fourth-order valence-electron chi connectivity index (χ4n) is 2.39. The summed E-state index contributed by atoms with van der Waals surface area (Å²) in [5, 5.41) is 2.62. The lowest BCUT2D eigenvalue weighted by atomic mass is 10.0. The van der Waals surface area contributed by atoms with Gasteiger partial charge in [0.1, 0.15) is 11.0 Å². The van der Waals surface area contributed by atoms with Crippen LogP contribution in [0, 0.1) is 0 Å². The van der Waals surface area contributed by atoms with Crippen LogP contribution in [0.5, 0.6) is 0 Å². The van der Waals surface area contributed by atoms with E-state index >= 15 is 0 Å². The number of imide groups is 1. The van der Waals surface area contributed by atoms with Crippen molar-refractivity contribution in [3.05, 3.63) is 17.5 Å². The summed E-state index contributed by atoms with van der Waals surface area (Å²) in [7, 11) is 0. The van der Waals surface area contributed by atoms with E-state index in [0.29, 0.717) is 0 Å². The van der Waals surface area contributed by atoms with Crippen LogP contribution in [0.3, 0.4) is 0 Å². The minimum atomic E-state index is -0.205. The van der Waals surface area contributed by atoms with Crippen molar-refractivity contribution in [3.8, 4) is 0 Å². The lowest BCUT2D eigenvalue weighted by Crippen LogP contribution is -2.38. The molecule has 2 aliphatic heterocycles. The Labute approximate surface area is 97.5 Å². The van der Waals surface area contributed by atoms with Gasteiger partial charge in [0.15, 0.2) is 0 Å². The van der Waals surface area contributed by atoms with Gasteiger partial charge in [-0.15, -0.1) is 11.3 Å². The van der Waals surface area contributed by atoms with Crippen molar-refractivity contribution in [2.45, 2.75) is 25.3 Å². The van der Waals surface area contributed by atoms with Crippen LogP contribution in [0.25, 0.3) is 0 Å². The number of amides is 3. The first-order valence-corrected chi connectivity index (χ1v) is 6.35. The molecule has 3 rings (SSSR count). The van der Waals surface area contributed by atoms with Gasteiger partial charge in [0.2, 0.25) is 0 Å². The highest BCUT2D eigenvalue weighted by atomic mass is 32.1. The highest BCUT2D eigenvalue weighted by Crippen LogP contribution is 2.32. The number of hydrogen-bond acceptors (Lipinski definition) is 3. The smallest absolute Gasteiger partial charge is 0.312 e. The van der Waals surface area contributed by atoms with E-state index in [1.54, 1.807) is 4.90 Å². The second kappa shape index (κ2) is 3.59. The van der Waals surface area contributed by atoms with Crippen molar-refractivity contribution in [2.24, 2.45) is 0 Å². The molecule has 3 heterocycles. The summed E-state index contributed by atoms with van der Waals surface area (Å²) in [5.41, 5.74) is 0. The average molecular weight is 236 g/mol. The van der Waals surface area contributed by atoms with Gasteiger partial charge in [-0.05, 0) is 36.8 Å². The first kappa shape index (κ1) is 9.84. The number of anilines is 1. The Bertz CT molecular complexity index is 405. The van der Waals surface area contributed by atoms with Gasteiger partial charge in [-0.25, -0.2) is 9.69 Å². The van der Waals surface area contributed by atoms with Crippen molar-refractivity contribution < 1.29 is 9.59 Å². The van der Waals surface area contributed by atoms with Gasteiger partial charge in [0.25, 0.3) is 5.91 Å². The third kappa shape index (κ3) is 1.28. The molecule has 3 amide bonds. The zero-order valence-electron chi connectivity index (χ0n) is 8.76. The Morgan fingerprint density at radius 2 is 2.19 bits per heavy atom. The number of hydrogen-bond donors (Lipinski definition) is 0. The summed E-state index contributed by atoms with van der Waals surface area (Å²) >= 11 is 1.43. The topological polar surface area (TPSA) is 40.6 Å². The number of fused-ring (bicyclic) bond motifs is 1. The van der Waals surface area contributed by atoms with Crippen LogP contribution in [0.1, 0.15) is 19.3 Å². The van der Waals surface area contributed by atoms with Crippen LogP contribution in [0.2, 0.25) is 0 Å². The lowest BCUT2D eigenvalue weighted by molar-refractivity contribution is -0.120. The van der Waals surface area contributed by atoms with Gasteiger partial charge in [-0.3, -0.25) is 4.79 Å². The fraction of sp³-hybridized carbons (Fsp3) is 0.455. The van der Waals surface area contributed by atoms with Gasteiger partial charge in [-0.1, -0.05) is 0 Å². The molecule has 0 bridgehead atoms. The molecule has 0 radical (unpaired) electrons. The molecule has 1 aromatic rings. The first-order valence-electron chi connectivity index (χ1n) is 5.47. The first-order chi connectivity index (χ1) is 7.79. The van der Waals surface area contributed by atoms with E-state index in [4.69, 9.17) is 0 Å². The monoisotopic (exact) mass is 236 g/mol. The van der Waals surface area contributed by atoms with E-state index in [2.05, 4.69) is 0 Å². The molecule has 1 atom stereocenters. The third-order valence-corrected chi connectivity index (χ3v) is 4.03. The van der Waals surface area contributed by atoms with Crippen molar-refractivity contribution in [2.75, 3.05) is 11.4 Å². The van der Waals surface area contributed by atoms with E-state index in [1.165, 1.54) is 16.2 Å². The molecule has 2 aliphatic rings. The maximum atomic E-state index is 12.1. The van der Waals surface area contributed by atoms with Gasteiger partial charge >= 0.3 is 6.03 Å². The van der Waals surface area contributed by atoms with Gasteiger partial charge < -0.3 is 4.90 Å². The van der Waals surface area contributed by atoms with E-state index in [-0.39, 0.29) is 18.0 Å². The molecule has 1 aromatic heterocycles. The zero-order chi connectivity index (χ0) is 11.1. The van der Waals surface area contributed by atoms with E-state index in [1.807, 2.05) is 17.5 Å². The normalized spacial score (nSPS) is 25.1. The second-order valence-corrected chi connectivity index (χ2v) is 5.04. The van der Waals surface area contributed by atoms with Gasteiger partial charge in [0.05, 0.1) is 0 Å². The highest BCUT2D eigenvalue weighted by Gasteiger charge is 2.46. The largest absolute Gasteiger partial charge is 0.332 e. The quantitative estimate of drug-likeness (QED) is 0.700. The molecule has 1 unspecified atom stereocenters. The van der Waals surface area contributed by atoms with Crippen LogP contribution in [0.4, 0.5) is 9.80 Å². The fourth-order valence-corrected chi connectivity index (χ4v) is 3.12. The van der Waals surface area contributed by atoms with Crippen LogP contribution in [0.15, 0.2) is 17.5 Å². The SMILES string of the molecule is O=C1C2CCCCN2C(=O)N1c1cccs1. The molecule has 84 valence electrons. The molecule has 0 aliphatic carbocycles.